The number of nitro benzene ring substituents is 1. The smallest absolute Gasteiger partial charge is 0.416 e. The van der Waals surface area contributed by atoms with E-state index in [0.29, 0.717) is 5.69 Å². The first-order valence-corrected chi connectivity index (χ1v) is 6.40. The van der Waals surface area contributed by atoms with Crippen molar-refractivity contribution in [3.05, 3.63) is 46.5 Å². The highest BCUT2D eigenvalue weighted by Gasteiger charge is 2.21. The van der Waals surface area contributed by atoms with E-state index in [-0.39, 0.29) is 24.4 Å². The molecule has 0 atom stereocenters. The summed E-state index contributed by atoms with van der Waals surface area (Å²) in [6.45, 7) is 5.35. The Bertz CT molecular complexity index is 583. The van der Waals surface area contributed by atoms with Crippen molar-refractivity contribution in [2.24, 2.45) is 0 Å². The lowest BCUT2D eigenvalue weighted by molar-refractivity contribution is -0.384. The van der Waals surface area contributed by atoms with Gasteiger partial charge < -0.3 is 10.1 Å². The van der Waals surface area contributed by atoms with E-state index in [4.69, 9.17) is 0 Å². The zero-order chi connectivity index (χ0) is 16.7. The van der Waals surface area contributed by atoms with Gasteiger partial charge in [-0.3, -0.25) is 14.9 Å². The second-order valence-electron chi connectivity index (χ2n) is 4.44. The Morgan fingerprint density at radius 1 is 1.36 bits per heavy atom. The predicted octanol–water partition coefficient (Wildman–Crippen LogP) is 2.18. The molecule has 22 heavy (non-hydrogen) atoms. The van der Waals surface area contributed by atoms with Crippen molar-refractivity contribution in [2.45, 2.75) is 6.92 Å². The number of rotatable bonds is 6. The Kier molecular flexibility index (Phi) is 6.06. The summed E-state index contributed by atoms with van der Waals surface area (Å²) in [4.78, 5) is 34.4. The number of amides is 2. The molecule has 0 bridgehead atoms. The van der Waals surface area contributed by atoms with E-state index >= 15 is 0 Å². The first-order valence-electron chi connectivity index (χ1n) is 6.40. The maximum Gasteiger partial charge on any atom is 0.416 e. The summed E-state index contributed by atoms with van der Waals surface area (Å²) in [6, 6.07) is 5.81. The fourth-order valence-electron chi connectivity index (χ4n) is 1.63. The Morgan fingerprint density at radius 3 is 2.41 bits per heavy atom. The second-order valence-corrected chi connectivity index (χ2v) is 4.44. The summed E-state index contributed by atoms with van der Waals surface area (Å²) in [6.07, 6.45) is -0.765. The van der Waals surface area contributed by atoms with Gasteiger partial charge in [-0.05, 0) is 19.1 Å². The highest BCUT2D eigenvalue weighted by molar-refractivity contribution is 6.01. The number of imide groups is 1. The van der Waals surface area contributed by atoms with Gasteiger partial charge in [0.1, 0.15) is 0 Å². The van der Waals surface area contributed by atoms with Crippen LogP contribution in [0.15, 0.2) is 36.4 Å². The average Bonchev–Trinajstić information content (AvgIpc) is 2.50. The molecule has 1 aromatic rings. The van der Waals surface area contributed by atoms with Crippen molar-refractivity contribution in [2.75, 3.05) is 25.5 Å². The summed E-state index contributed by atoms with van der Waals surface area (Å²) in [7, 11) is 1.19. The van der Waals surface area contributed by atoms with Crippen LogP contribution < -0.4 is 5.32 Å². The number of hydrogen-bond donors (Lipinski definition) is 1. The quantitative estimate of drug-likeness (QED) is 0.491. The van der Waals surface area contributed by atoms with Gasteiger partial charge in [0.15, 0.2) is 0 Å². The van der Waals surface area contributed by atoms with Gasteiger partial charge in [-0.2, -0.15) is 0 Å². The molecule has 0 unspecified atom stereocenters. The van der Waals surface area contributed by atoms with Gasteiger partial charge >= 0.3 is 6.09 Å². The van der Waals surface area contributed by atoms with Crippen LogP contribution in [0.5, 0.6) is 0 Å². The summed E-state index contributed by atoms with van der Waals surface area (Å²) in [5.41, 5.74) is 0.845. The van der Waals surface area contributed by atoms with Crippen molar-refractivity contribution in [1.29, 1.82) is 0 Å². The van der Waals surface area contributed by atoms with Crippen LogP contribution in [0.2, 0.25) is 0 Å². The molecule has 1 aromatic carbocycles. The van der Waals surface area contributed by atoms with Crippen LogP contribution in [0.4, 0.5) is 16.2 Å². The van der Waals surface area contributed by atoms with E-state index in [9.17, 15) is 19.7 Å². The third-order valence-corrected chi connectivity index (χ3v) is 2.75. The lowest BCUT2D eigenvalue weighted by Gasteiger charge is -2.19. The van der Waals surface area contributed by atoms with Crippen LogP contribution in [0.3, 0.4) is 0 Å². The number of anilines is 1. The molecule has 8 nitrogen and oxygen atoms in total. The summed E-state index contributed by atoms with van der Waals surface area (Å²) in [5, 5.41) is 13.5. The van der Waals surface area contributed by atoms with E-state index in [2.05, 4.69) is 16.6 Å². The van der Waals surface area contributed by atoms with Crippen molar-refractivity contribution in [3.63, 3.8) is 0 Å². The average molecular weight is 307 g/mol. The normalized spacial score (nSPS) is 9.73. The molecule has 0 aliphatic heterocycles. The fraction of sp³-hybridized carbons (Fsp3) is 0.286. The van der Waals surface area contributed by atoms with Gasteiger partial charge in [-0.15, -0.1) is 0 Å². The van der Waals surface area contributed by atoms with Gasteiger partial charge in [0.05, 0.1) is 12.0 Å². The highest BCUT2D eigenvalue weighted by atomic mass is 16.6. The monoisotopic (exact) mass is 307 g/mol. The molecule has 0 heterocycles. The molecule has 0 fully saturated rings. The minimum Gasteiger partial charge on any atom is -0.452 e. The molecule has 0 saturated carbocycles. The summed E-state index contributed by atoms with van der Waals surface area (Å²) in [5.74, 6) is -0.516. The number of hydrogen-bond acceptors (Lipinski definition) is 6. The molecule has 8 heteroatoms. The van der Waals surface area contributed by atoms with Crippen LogP contribution >= 0.6 is 0 Å². The number of nitro groups is 1. The molecular formula is C14H17N3O5. The van der Waals surface area contributed by atoms with Gasteiger partial charge in [-0.25, -0.2) is 9.69 Å². The molecule has 0 aliphatic carbocycles. The Hall–Kier alpha value is -2.90. The van der Waals surface area contributed by atoms with Crippen molar-refractivity contribution in [3.8, 4) is 0 Å². The first kappa shape index (κ1) is 17.2. The van der Waals surface area contributed by atoms with E-state index in [1.165, 1.54) is 26.2 Å². The molecule has 0 saturated heterocycles. The molecule has 1 rings (SSSR count). The van der Waals surface area contributed by atoms with Gasteiger partial charge in [0.2, 0.25) is 0 Å². The molecule has 0 spiro atoms. The topological polar surface area (TPSA) is 102 Å². The van der Waals surface area contributed by atoms with Crippen LogP contribution in [0.1, 0.15) is 6.92 Å². The maximum absolute atomic E-state index is 11.8. The SMILES string of the molecule is C=C(C)C(=O)N(CCNc1ccc([N+](=O)[O-])cc1)C(=O)OC. The minimum atomic E-state index is -0.765. The number of methoxy groups -OCH3 is 1. The van der Waals surface area contributed by atoms with Crippen LogP contribution in [-0.4, -0.2) is 42.0 Å². The Morgan fingerprint density at radius 2 is 1.95 bits per heavy atom. The van der Waals surface area contributed by atoms with E-state index in [1.807, 2.05) is 0 Å². The third-order valence-electron chi connectivity index (χ3n) is 2.75. The first-order chi connectivity index (χ1) is 10.4. The Balaban J connectivity index is 2.62. The molecule has 0 aliphatic rings. The number of carbonyl (C=O) groups is 2. The molecule has 1 N–H and O–H groups in total. The van der Waals surface area contributed by atoms with E-state index in [0.717, 1.165) is 4.90 Å². The number of benzene rings is 1. The maximum atomic E-state index is 11.8. The molecular weight excluding hydrogens is 290 g/mol. The van der Waals surface area contributed by atoms with Crippen LogP contribution in [0, 0.1) is 10.1 Å². The molecule has 0 radical (unpaired) electrons. The van der Waals surface area contributed by atoms with Crippen molar-refractivity contribution >= 4 is 23.4 Å². The van der Waals surface area contributed by atoms with E-state index in [1.54, 1.807) is 12.1 Å². The second kappa shape index (κ2) is 7.77. The van der Waals surface area contributed by atoms with E-state index < -0.39 is 16.9 Å². The standard InChI is InChI=1S/C14H17N3O5/c1-10(2)13(18)16(14(19)22-3)9-8-15-11-4-6-12(7-5-11)17(20)21/h4-7,15H,1,8-9H2,2-3H3. The lowest BCUT2D eigenvalue weighted by Crippen LogP contribution is -2.40. The molecule has 0 aromatic heterocycles. The number of nitrogens with one attached hydrogen (secondary N) is 1. The Labute approximate surface area is 127 Å². The minimum absolute atomic E-state index is 0.0146. The number of carbonyl (C=O) groups excluding carboxylic acids is 2. The zero-order valence-corrected chi connectivity index (χ0v) is 12.4. The predicted molar refractivity (Wildman–Crippen MR) is 80.5 cm³/mol. The van der Waals surface area contributed by atoms with Crippen LogP contribution in [-0.2, 0) is 9.53 Å². The van der Waals surface area contributed by atoms with Gasteiger partial charge in [0.25, 0.3) is 11.6 Å². The largest absolute Gasteiger partial charge is 0.452 e. The van der Waals surface area contributed by atoms with Gasteiger partial charge in [0, 0.05) is 36.5 Å². The van der Waals surface area contributed by atoms with Gasteiger partial charge in [-0.1, -0.05) is 6.58 Å². The fourth-order valence-corrected chi connectivity index (χ4v) is 1.63. The number of nitrogens with zero attached hydrogens (tertiary/aromatic N) is 2. The number of non-ortho nitro benzene ring substituents is 1. The molecule has 118 valence electrons. The summed E-state index contributed by atoms with van der Waals surface area (Å²) >= 11 is 0. The molecule has 2 amide bonds. The lowest BCUT2D eigenvalue weighted by atomic mass is 10.3. The highest BCUT2D eigenvalue weighted by Crippen LogP contribution is 2.15. The summed E-state index contributed by atoms with van der Waals surface area (Å²) < 4.78 is 4.55. The van der Waals surface area contributed by atoms with Crippen LogP contribution in [0.25, 0.3) is 0 Å². The van der Waals surface area contributed by atoms with Crippen molar-refractivity contribution in [1.82, 2.24) is 4.90 Å². The zero-order valence-electron chi connectivity index (χ0n) is 12.4. The van der Waals surface area contributed by atoms with Crippen molar-refractivity contribution < 1.29 is 19.2 Å². The third kappa shape index (κ3) is 4.58. The number of ether oxygens (including phenoxy) is 1.